The zero-order valence-corrected chi connectivity index (χ0v) is 16.2. The molecule has 0 amide bonds. The Balaban J connectivity index is 2.31. The van der Waals surface area contributed by atoms with Crippen molar-refractivity contribution in [2.45, 2.75) is 13.8 Å². The zero-order chi connectivity index (χ0) is 19.6. The largest absolute Gasteiger partial charge is 0.494 e. The van der Waals surface area contributed by atoms with Gasteiger partial charge in [0.15, 0.2) is 5.76 Å². The average Bonchev–Trinajstić information content (AvgIpc) is 3.26. The summed E-state index contributed by atoms with van der Waals surface area (Å²) in [5, 5.41) is 8.14. The molecule has 0 atom stereocenters. The average molecular weight is 392 g/mol. The molecule has 0 bridgehead atoms. The number of aryl methyl sites for hydroxylation is 1. The van der Waals surface area contributed by atoms with Crippen LogP contribution in [0.15, 0.2) is 34.7 Å². The summed E-state index contributed by atoms with van der Waals surface area (Å²) in [5.74, 6) is 2.21. The molecule has 0 saturated heterocycles. The Hall–Kier alpha value is -3.01. The fourth-order valence-corrected chi connectivity index (χ4v) is 3.09. The number of methoxy groups -OCH3 is 2. The van der Waals surface area contributed by atoms with Crippen LogP contribution in [-0.4, -0.2) is 43.2 Å². The van der Waals surface area contributed by atoms with Crippen LogP contribution in [-0.2, 0) is 10.0 Å². The monoisotopic (exact) mass is 392 g/mol. The lowest BCUT2D eigenvalue weighted by Crippen LogP contribution is -2.18. The summed E-state index contributed by atoms with van der Waals surface area (Å²) in [6.07, 6.45) is 0. The van der Waals surface area contributed by atoms with Crippen LogP contribution in [0.25, 0.3) is 17.3 Å². The van der Waals surface area contributed by atoms with E-state index in [-0.39, 0.29) is 11.7 Å². The predicted octanol–water partition coefficient (Wildman–Crippen LogP) is 2.61. The van der Waals surface area contributed by atoms with E-state index in [1.54, 1.807) is 37.3 Å². The van der Waals surface area contributed by atoms with Gasteiger partial charge >= 0.3 is 0 Å². The van der Waals surface area contributed by atoms with Gasteiger partial charge in [-0.25, -0.2) is 8.42 Å². The van der Waals surface area contributed by atoms with Gasteiger partial charge in [-0.05, 0) is 38.1 Å². The molecule has 0 aliphatic rings. The van der Waals surface area contributed by atoms with Crippen molar-refractivity contribution >= 4 is 16.0 Å². The first-order chi connectivity index (χ1) is 12.9. The smallest absolute Gasteiger partial charge is 0.243 e. The second-order valence-corrected chi connectivity index (χ2v) is 7.62. The van der Waals surface area contributed by atoms with Gasteiger partial charge < -0.3 is 13.9 Å². The number of nitrogens with zero attached hydrogens (tertiary/aromatic N) is 3. The Morgan fingerprint density at radius 2 is 1.78 bits per heavy atom. The predicted molar refractivity (Wildman–Crippen MR) is 100.0 cm³/mol. The van der Waals surface area contributed by atoms with Gasteiger partial charge in [0, 0.05) is 0 Å². The molecule has 0 fully saturated rings. The van der Waals surface area contributed by atoms with Crippen LogP contribution in [0.4, 0.5) is 5.95 Å². The fraction of sp³-hybridized carbons (Fsp3) is 0.294. The van der Waals surface area contributed by atoms with E-state index in [0.29, 0.717) is 34.5 Å². The van der Waals surface area contributed by atoms with Crippen LogP contribution < -0.4 is 14.2 Å². The van der Waals surface area contributed by atoms with Crippen LogP contribution in [0.1, 0.15) is 12.7 Å². The van der Waals surface area contributed by atoms with Gasteiger partial charge in [-0.1, -0.05) is 6.07 Å². The van der Waals surface area contributed by atoms with Crippen LogP contribution >= 0.6 is 0 Å². The SMILES string of the molecule is CCS(=O)(=O)Nc1nnc(-c2ccc(C)o2)n1-c1c(OC)cccc1OC. The number of nitrogens with one attached hydrogen (secondary N) is 1. The number of para-hydroxylation sites is 1. The first-order valence-corrected chi connectivity index (χ1v) is 9.79. The maximum atomic E-state index is 12.1. The number of benzene rings is 1. The number of sulfonamides is 1. The summed E-state index contributed by atoms with van der Waals surface area (Å²) in [7, 11) is -0.573. The maximum absolute atomic E-state index is 12.1. The van der Waals surface area contributed by atoms with Gasteiger partial charge in [0.2, 0.25) is 21.8 Å². The van der Waals surface area contributed by atoms with Crippen molar-refractivity contribution in [1.82, 2.24) is 14.8 Å². The standard InChI is InChI=1S/C17H20N4O5S/c1-5-27(22,23)20-17-19-18-16(14-10-9-11(2)26-14)21(17)15-12(24-3)7-6-8-13(15)25-4/h6-10H,5H2,1-4H3,(H,19,20). The maximum Gasteiger partial charge on any atom is 0.243 e. The van der Waals surface area contributed by atoms with Crippen molar-refractivity contribution in [2.24, 2.45) is 0 Å². The number of hydrogen-bond donors (Lipinski definition) is 1. The Morgan fingerprint density at radius 1 is 1.11 bits per heavy atom. The third kappa shape index (κ3) is 3.61. The van der Waals surface area contributed by atoms with E-state index in [1.165, 1.54) is 25.7 Å². The second-order valence-electron chi connectivity index (χ2n) is 5.61. The highest BCUT2D eigenvalue weighted by Gasteiger charge is 2.25. The molecular formula is C17H20N4O5S. The van der Waals surface area contributed by atoms with E-state index in [4.69, 9.17) is 13.9 Å². The van der Waals surface area contributed by atoms with Crippen molar-refractivity contribution < 1.29 is 22.3 Å². The second kappa shape index (κ2) is 7.31. The first-order valence-electron chi connectivity index (χ1n) is 8.14. The summed E-state index contributed by atoms with van der Waals surface area (Å²) >= 11 is 0. The molecule has 0 spiro atoms. The molecule has 27 heavy (non-hydrogen) atoms. The highest BCUT2D eigenvalue weighted by atomic mass is 32.2. The third-order valence-corrected chi connectivity index (χ3v) is 5.13. The minimum absolute atomic E-state index is 0.00343. The van der Waals surface area contributed by atoms with Crippen LogP contribution in [0.2, 0.25) is 0 Å². The summed E-state index contributed by atoms with van der Waals surface area (Å²) in [5.41, 5.74) is 0.449. The quantitative estimate of drug-likeness (QED) is 0.658. The molecule has 1 N–H and O–H groups in total. The molecule has 144 valence electrons. The van der Waals surface area contributed by atoms with Crippen molar-refractivity contribution in [3.63, 3.8) is 0 Å². The number of furan rings is 1. The molecule has 10 heteroatoms. The Labute approximate surface area is 157 Å². The van der Waals surface area contributed by atoms with Crippen LogP contribution in [0, 0.1) is 6.92 Å². The molecule has 0 aliphatic carbocycles. The number of ether oxygens (including phenoxy) is 2. The Morgan fingerprint density at radius 3 is 2.30 bits per heavy atom. The minimum Gasteiger partial charge on any atom is -0.494 e. The van der Waals surface area contributed by atoms with E-state index >= 15 is 0 Å². The molecular weight excluding hydrogens is 372 g/mol. The Bertz CT molecular complexity index is 1030. The zero-order valence-electron chi connectivity index (χ0n) is 15.4. The van der Waals surface area contributed by atoms with Gasteiger partial charge in [0.1, 0.15) is 22.9 Å². The van der Waals surface area contributed by atoms with E-state index in [0.717, 1.165) is 0 Å². The molecule has 9 nitrogen and oxygen atoms in total. The number of rotatable bonds is 7. The number of anilines is 1. The lowest BCUT2D eigenvalue weighted by Gasteiger charge is -2.17. The molecule has 1 aromatic carbocycles. The van der Waals surface area contributed by atoms with Gasteiger partial charge in [-0.2, -0.15) is 0 Å². The van der Waals surface area contributed by atoms with E-state index in [2.05, 4.69) is 14.9 Å². The van der Waals surface area contributed by atoms with Crippen molar-refractivity contribution in [2.75, 3.05) is 24.7 Å². The van der Waals surface area contributed by atoms with Gasteiger partial charge in [0.25, 0.3) is 0 Å². The topological polar surface area (TPSA) is 108 Å². The van der Waals surface area contributed by atoms with Crippen LogP contribution in [0.3, 0.4) is 0 Å². The van der Waals surface area contributed by atoms with Gasteiger partial charge in [0.05, 0.1) is 20.0 Å². The van der Waals surface area contributed by atoms with E-state index in [9.17, 15) is 8.42 Å². The molecule has 2 heterocycles. The minimum atomic E-state index is -3.59. The number of aromatic nitrogens is 3. The summed E-state index contributed by atoms with van der Waals surface area (Å²) in [4.78, 5) is 0. The summed E-state index contributed by atoms with van der Waals surface area (Å²) in [6.45, 7) is 3.33. The molecule has 2 aromatic heterocycles. The van der Waals surface area contributed by atoms with Gasteiger partial charge in [-0.15, -0.1) is 10.2 Å². The van der Waals surface area contributed by atoms with Crippen molar-refractivity contribution in [3.05, 3.63) is 36.1 Å². The molecule has 0 unspecified atom stereocenters. The van der Waals surface area contributed by atoms with Crippen molar-refractivity contribution in [1.29, 1.82) is 0 Å². The molecule has 3 rings (SSSR count). The van der Waals surface area contributed by atoms with Crippen molar-refractivity contribution in [3.8, 4) is 28.8 Å². The lowest BCUT2D eigenvalue weighted by atomic mass is 10.2. The highest BCUT2D eigenvalue weighted by molar-refractivity contribution is 7.92. The Kier molecular flexibility index (Phi) is 5.08. The van der Waals surface area contributed by atoms with E-state index in [1.807, 2.05) is 0 Å². The lowest BCUT2D eigenvalue weighted by molar-refractivity contribution is 0.391. The highest BCUT2D eigenvalue weighted by Crippen LogP contribution is 2.37. The molecule has 3 aromatic rings. The first kappa shape index (κ1) is 18.8. The number of hydrogen-bond acceptors (Lipinski definition) is 7. The molecule has 0 radical (unpaired) electrons. The summed E-state index contributed by atoms with van der Waals surface area (Å²) < 4.78 is 44.8. The van der Waals surface area contributed by atoms with Gasteiger partial charge in [-0.3, -0.25) is 9.29 Å². The molecule has 0 aliphatic heterocycles. The van der Waals surface area contributed by atoms with E-state index < -0.39 is 10.0 Å². The molecule has 0 saturated carbocycles. The third-order valence-electron chi connectivity index (χ3n) is 3.88. The summed E-state index contributed by atoms with van der Waals surface area (Å²) in [6, 6.07) is 8.73. The normalized spacial score (nSPS) is 11.4. The fourth-order valence-electron chi connectivity index (χ4n) is 2.54. The van der Waals surface area contributed by atoms with Crippen LogP contribution in [0.5, 0.6) is 11.5 Å².